The van der Waals surface area contributed by atoms with Crippen LogP contribution in [-0.4, -0.2) is 50.2 Å². The highest BCUT2D eigenvalue weighted by Gasteiger charge is 2.35. The molecule has 3 rings (SSSR count). The van der Waals surface area contributed by atoms with Crippen LogP contribution in [0.5, 0.6) is 0 Å². The van der Waals surface area contributed by atoms with Crippen LogP contribution in [0.25, 0.3) is 0 Å². The number of carbonyl (C=O) groups excluding carboxylic acids is 1. The molecule has 1 amide bonds. The quantitative estimate of drug-likeness (QED) is 0.594. The number of nitrogens with one attached hydrogen (secondary N) is 1. The number of carboxylic acid groups (broad SMARTS) is 1. The molecule has 0 radical (unpaired) electrons. The van der Waals surface area contributed by atoms with Crippen molar-refractivity contribution in [3.63, 3.8) is 0 Å². The normalized spacial score (nSPS) is 24.1. The SMILES string of the molecule is C1CCC(NC2CCCCC2)CC1.CC1=NN(C(=O)CCS)C(C(=O)O)S1. The Morgan fingerprint density at radius 1 is 1.11 bits per heavy atom. The summed E-state index contributed by atoms with van der Waals surface area (Å²) in [6.07, 6.45) is 14.8. The minimum absolute atomic E-state index is 0.199. The molecule has 2 saturated carbocycles. The van der Waals surface area contributed by atoms with E-state index in [2.05, 4.69) is 23.0 Å². The van der Waals surface area contributed by atoms with E-state index in [9.17, 15) is 9.59 Å². The summed E-state index contributed by atoms with van der Waals surface area (Å²) in [7, 11) is 0. The first-order valence-electron chi connectivity index (χ1n) is 10.1. The second-order valence-electron chi connectivity index (χ2n) is 7.48. The van der Waals surface area contributed by atoms with Gasteiger partial charge >= 0.3 is 5.97 Å². The average molecular weight is 416 g/mol. The largest absolute Gasteiger partial charge is 0.479 e. The van der Waals surface area contributed by atoms with Crippen LogP contribution in [0.15, 0.2) is 5.10 Å². The van der Waals surface area contributed by atoms with Crippen LogP contribution in [0, 0.1) is 0 Å². The van der Waals surface area contributed by atoms with Gasteiger partial charge in [0.1, 0.15) is 0 Å². The van der Waals surface area contributed by atoms with Gasteiger partial charge in [0.15, 0.2) is 0 Å². The number of nitrogens with zero attached hydrogens (tertiary/aromatic N) is 2. The summed E-state index contributed by atoms with van der Waals surface area (Å²) in [4.78, 5) is 22.2. The third-order valence-electron chi connectivity index (χ3n) is 5.23. The van der Waals surface area contributed by atoms with Crippen molar-refractivity contribution in [2.45, 2.75) is 95.0 Å². The van der Waals surface area contributed by atoms with Crippen molar-refractivity contribution >= 4 is 41.3 Å². The number of hydrazone groups is 1. The molecule has 1 aliphatic heterocycles. The lowest BCUT2D eigenvalue weighted by Crippen LogP contribution is -2.40. The van der Waals surface area contributed by atoms with Crippen LogP contribution >= 0.6 is 24.4 Å². The number of carbonyl (C=O) groups is 2. The molecule has 154 valence electrons. The number of amides is 1. The molecule has 0 saturated heterocycles. The van der Waals surface area contributed by atoms with E-state index in [1.54, 1.807) is 6.92 Å². The number of hydrogen-bond donors (Lipinski definition) is 3. The maximum Gasteiger partial charge on any atom is 0.339 e. The molecule has 1 atom stereocenters. The zero-order valence-corrected chi connectivity index (χ0v) is 17.9. The van der Waals surface area contributed by atoms with E-state index in [1.165, 1.54) is 64.2 Å². The third-order valence-corrected chi connectivity index (χ3v) is 6.50. The second kappa shape index (κ2) is 12.0. The predicted molar refractivity (Wildman–Crippen MR) is 114 cm³/mol. The van der Waals surface area contributed by atoms with E-state index in [4.69, 9.17) is 5.11 Å². The summed E-state index contributed by atoms with van der Waals surface area (Å²) in [5, 5.41) is 17.2. The van der Waals surface area contributed by atoms with Gasteiger partial charge in [0.2, 0.25) is 11.3 Å². The number of thiol groups is 1. The summed E-state index contributed by atoms with van der Waals surface area (Å²) in [6, 6.07) is 1.74. The molecule has 0 aromatic heterocycles. The van der Waals surface area contributed by atoms with Gasteiger partial charge in [-0.25, -0.2) is 9.80 Å². The van der Waals surface area contributed by atoms with Crippen molar-refractivity contribution < 1.29 is 14.7 Å². The highest BCUT2D eigenvalue weighted by molar-refractivity contribution is 8.15. The van der Waals surface area contributed by atoms with Crippen LogP contribution in [0.1, 0.15) is 77.6 Å². The minimum atomic E-state index is -1.05. The van der Waals surface area contributed by atoms with Crippen LogP contribution in [0.2, 0.25) is 0 Å². The number of carboxylic acids is 1. The molecule has 27 heavy (non-hydrogen) atoms. The molecular formula is C19H33N3O3S2. The molecule has 1 unspecified atom stereocenters. The van der Waals surface area contributed by atoms with Crippen LogP contribution < -0.4 is 5.32 Å². The Bertz CT molecular complexity index is 502. The van der Waals surface area contributed by atoms with Gasteiger partial charge in [0.05, 0.1) is 5.04 Å². The molecule has 0 aromatic rings. The molecule has 2 N–H and O–H groups in total. The zero-order valence-electron chi connectivity index (χ0n) is 16.2. The van der Waals surface area contributed by atoms with Crippen molar-refractivity contribution in [3.05, 3.63) is 0 Å². The van der Waals surface area contributed by atoms with E-state index in [0.29, 0.717) is 10.8 Å². The Hall–Kier alpha value is -0.730. The van der Waals surface area contributed by atoms with E-state index in [1.807, 2.05) is 0 Å². The Kier molecular flexibility index (Phi) is 10.00. The maximum absolute atomic E-state index is 11.4. The van der Waals surface area contributed by atoms with E-state index >= 15 is 0 Å². The minimum Gasteiger partial charge on any atom is -0.479 e. The lowest BCUT2D eigenvalue weighted by Gasteiger charge is -2.30. The molecule has 0 aromatic carbocycles. The van der Waals surface area contributed by atoms with E-state index < -0.39 is 11.3 Å². The van der Waals surface area contributed by atoms with Crippen molar-refractivity contribution in [2.75, 3.05) is 5.75 Å². The van der Waals surface area contributed by atoms with Gasteiger partial charge in [-0.1, -0.05) is 50.3 Å². The summed E-state index contributed by atoms with van der Waals surface area (Å²) in [5.41, 5.74) is 0. The predicted octanol–water partition coefficient (Wildman–Crippen LogP) is 3.87. The molecule has 2 fully saturated rings. The Labute approximate surface area is 172 Å². The van der Waals surface area contributed by atoms with Gasteiger partial charge in [-0.3, -0.25) is 4.79 Å². The Morgan fingerprint density at radius 2 is 1.63 bits per heavy atom. The van der Waals surface area contributed by atoms with Gasteiger partial charge in [0.25, 0.3) is 0 Å². The Balaban J connectivity index is 0.000000194. The zero-order chi connectivity index (χ0) is 19.6. The fourth-order valence-electron chi connectivity index (χ4n) is 3.86. The smallest absolute Gasteiger partial charge is 0.339 e. The van der Waals surface area contributed by atoms with Crippen LogP contribution in [0.4, 0.5) is 0 Å². The maximum atomic E-state index is 11.4. The fraction of sp³-hybridized carbons (Fsp3) is 0.842. The first-order valence-corrected chi connectivity index (χ1v) is 11.7. The number of rotatable bonds is 5. The summed E-state index contributed by atoms with van der Waals surface area (Å²) < 4.78 is 0. The topological polar surface area (TPSA) is 82.0 Å². The van der Waals surface area contributed by atoms with E-state index in [-0.39, 0.29) is 12.3 Å². The van der Waals surface area contributed by atoms with Crippen molar-refractivity contribution in [1.29, 1.82) is 0 Å². The summed E-state index contributed by atoms with van der Waals surface area (Å²) in [5.74, 6) is -0.971. The summed E-state index contributed by atoms with van der Waals surface area (Å²) in [6.45, 7) is 1.68. The van der Waals surface area contributed by atoms with Gasteiger partial charge in [-0.2, -0.15) is 17.7 Å². The first-order chi connectivity index (χ1) is 13.0. The van der Waals surface area contributed by atoms with E-state index in [0.717, 1.165) is 28.9 Å². The first kappa shape index (κ1) is 22.6. The van der Waals surface area contributed by atoms with Crippen molar-refractivity contribution in [3.8, 4) is 0 Å². The Morgan fingerprint density at radius 3 is 2.07 bits per heavy atom. The molecule has 3 aliphatic rings. The standard InChI is InChI=1S/C12H23N.C7H10N2O3S2/c1-3-7-11(8-4-1)13-12-9-5-2-6-10-12;1-4-8-9(5(10)2-3-13)6(14-4)7(11)12/h11-13H,1-10H2;6,13H,2-3H2,1H3,(H,11,12). The second-order valence-corrected chi connectivity index (χ2v) is 9.20. The fourth-order valence-corrected chi connectivity index (χ4v) is 4.88. The number of aliphatic carboxylic acids is 1. The molecular weight excluding hydrogens is 382 g/mol. The van der Waals surface area contributed by atoms with Gasteiger partial charge in [-0.05, 0) is 38.4 Å². The number of thioether (sulfide) groups is 1. The molecule has 1 heterocycles. The summed E-state index contributed by atoms with van der Waals surface area (Å²) >= 11 is 4.97. The number of hydrogen-bond acceptors (Lipinski definition) is 6. The molecule has 6 nitrogen and oxygen atoms in total. The van der Waals surface area contributed by atoms with Crippen molar-refractivity contribution in [2.24, 2.45) is 5.10 Å². The monoisotopic (exact) mass is 415 g/mol. The molecule has 0 bridgehead atoms. The lowest BCUT2D eigenvalue weighted by atomic mass is 9.91. The highest BCUT2D eigenvalue weighted by atomic mass is 32.2. The van der Waals surface area contributed by atoms with Gasteiger partial charge in [0, 0.05) is 18.5 Å². The van der Waals surface area contributed by atoms with Crippen molar-refractivity contribution in [1.82, 2.24) is 10.3 Å². The average Bonchev–Trinajstić information content (AvgIpc) is 3.07. The van der Waals surface area contributed by atoms with Gasteiger partial charge < -0.3 is 10.4 Å². The van der Waals surface area contributed by atoms with Crippen LogP contribution in [0.3, 0.4) is 0 Å². The molecule has 2 aliphatic carbocycles. The third kappa shape index (κ3) is 7.66. The lowest BCUT2D eigenvalue weighted by molar-refractivity contribution is -0.145. The molecule has 8 heteroatoms. The van der Waals surface area contributed by atoms with Crippen LogP contribution in [-0.2, 0) is 9.59 Å². The molecule has 0 spiro atoms. The highest BCUT2D eigenvalue weighted by Crippen LogP contribution is 2.26. The van der Waals surface area contributed by atoms with Gasteiger partial charge in [-0.15, -0.1) is 0 Å².